The van der Waals surface area contributed by atoms with Crippen molar-refractivity contribution in [2.75, 3.05) is 11.1 Å². The van der Waals surface area contributed by atoms with E-state index < -0.39 is 9.84 Å². The Hall–Kier alpha value is -2.32. The summed E-state index contributed by atoms with van der Waals surface area (Å²) in [6, 6.07) is 12.4. The van der Waals surface area contributed by atoms with Crippen LogP contribution in [0.15, 0.2) is 47.4 Å². The van der Waals surface area contributed by atoms with Gasteiger partial charge >= 0.3 is 0 Å². The summed E-state index contributed by atoms with van der Waals surface area (Å²) in [5, 5.41) is 2.73. The number of carbonyl (C=O) groups is 1. The molecule has 1 N–H and O–H groups in total. The summed E-state index contributed by atoms with van der Waals surface area (Å²) in [6.07, 6.45) is -0.123. The van der Waals surface area contributed by atoms with Crippen molar-refractivity contribution in [1.82, 2.24) is 8.75 Å². The Morgan fingerprint density at radius 1 is 1.12 bits per heavy atom. The molecule has 1 aromatic heterocycles. The summed E-state index contributed by atoms with van der Waals surface area (Å²) >= 11 is 0.969. The SMILES string of the molecule is CC(C)c1ccc(NC(=O)CCS(=O)(=O)c2cccc3nsnc23)cc1. The molecule has 0 radical (unpaired) electrons. The van der Waals surface area contributed by atoms with Crippen LogP contribution in [0, 0.1) is 0 Å². The van der Waals surface area contributed by atoms with Crippen LogP contribution in [0.2, 0.25) is 0 Å². The zero-order chi connectivity index (χ0) is 18.7. The number of carbonyl (C=O) groups excluding carboxylic acids is 1. The number of benzene rings is 2. The molecule has 3 rings (SSSR count). The lowest BCUT2D eigenvalue weighted by Crippen LogP contribution is -2.17. The second-order valence-electron chi connectivity index (χ2n) is 6.28. The number of sulfone groups is 1. The first-order valence-corrected chi connectivity index (χ1v) is 10.6. The van der Waals surface area contributed by atoms with Gasteiger partial charge in [0.25, 0.3) is 0 Å². The van der Waals surface area contributed by atoms with E-state index in [-0.39, 0.29) is 23.0 Å². The molecule has 3 aromatic rings. The molecule has 1 heterocycles. The molecule has 0 aliphatic carbocycles. The van der Waals surface area contributed by atoms with Crippen molar-refractivity contribution in [3.8, 4) is 0 Å². The minimum absolute atomic E-state index is 0.123. The van der Waals surface area contributed by atoms with Crippen molar-refractivity contribution in [2.24, 2.45) is 0 Å². The number of amides is 1. The fourth-order valence-corrected chi connectivity index (χ4v) is 4.56. The first kappa shape index (κ1) is 18.5. The van der Waals surface area contributed by atoms with Gasteiger partial charge in [0, 0.05) is 12.1 Å². The van der Waals surface area contributed by atoms with Gasteiger partial charge in [0.2, 0.25) is 5.91 Å². The average molecular weight is 390 g/mol. The number of anilines is 1. The third-order valence-electron chi connectivity index (χ3n) is 4.04. The summed E-state index contributed by atoms with van der Waals surface area (Å²) in [5.74, 6) is -0.207. The van der Waals surface area contributed by atoms with E-state index in [0.29, 0.717) is 22.6 Å². The number of hydrogen-bond acceptors (Lipinski definition) is 6. The lowest BCUT2D eigenvalue weighted by molar-refractivity contribution is -0.115. The summed E-state index contributed by atoms with van der Waals surface area (Å²) < 4.78 is 33.3. The molecule has 0 atom stereocenters. The summed E-state index contributed by atoms with van der Waals surface area (Å²) in [4.78, 5) is 12.2. The van der Waals surface area contributed by atoms with Crippen molar-refractivity contribution in [3.05, 3.63) is 48.0 Å². The van der Waals surface area contributed by atoms with Crippen LogP contribution in [0.3, 0.4) is 0 Å². The minimum Gasteiger partial charge on any atom is -0.326 e. The van der Waals surface area contributed by atoms with Crippen molar-refractivity contribution in [2.45, 2.75) is 31.1 Å². The van der Waals surface area contributed by atoms with Crippen LogP contribution in [-0.2, 0) is 14.6 Å². The standard InChI is InChI=1S/C18H19N3O3S2/c1-12(2)13-6-8-14(9-7-13)19-17(22)10-11-26(23,24)16-5-3-4-15-18(16)21-25-20-15/h3-9,12H,10-11H2,1-2H3,(H,19,22). The normalized spacial score (nSPS) is 11.8. The van der Waals surface area contributed by atoms with E-state index in [1.807, 2.05) is 24.3 Å². The molecule has 0 aliphatic rings. The molecule has 8 heteroatoms. The molecule has 0 saturated heterocycles. The maximum absolute atomic E-state index is 12.6. The van der Waals surface area contributed by atoms with Crippen LogP contribution < -0.4 is 5.32 Å². The highest BCUT2D eigenvalue weighted by Gasteiger charge is 2.21. The highest BCUT2D eigenvalue weighted by atomic mass is 32.2. The Labute approximate surface area is 156 Å². The van der Waals surface area contributed by atoms with Crippen LogP contribution >= 0.6 is 11.7 Å². The Morgan fingerprint density at radius 2 is 1.85 bits per heavy atom. The number of nitrogens with zero attached hydrogens (tertiary/aromatic N) is 2. The summed E-state index contributed by atoms with van der Waals surface area (Å²) in [7, 11) is -3.62. The number of nitrogens with one attached hydrogen (secondary N) is 1. The largest absolute Gasteiger partial charge is 0.326 e. The molecule has 26 heavy (non-hydrogen) atoms. The lowest BCUT2D eigenvalue weighted by atomic mass is 10.0. The number of aromatic nitrogens is 2. The van der Waals surface area contributed by atoms with E-state index >= 15 is 0 Å². The molecule has 0 bridgehead atoms. The van der Waals surface area contributed by atoms with E-state index in [0.717, 1.165) is 11.7 Å². The van der Waals surface area contributed by atoms with Crippen molar-refractivity contribution in [1.29, 1.82) is 0 Å². The molecule has 0 saturated carbocycles. The zero-order valence-corrected chi connectivity index (χ0v) is 16.1. The molecule has 0 fully saturated rings. The first-order valence-electron chi connectivity index (χ1n) is 8.20. The molecule has 2 aromatic carbocycles. The molecule has 0 unspecified atom stereocenters. The van der Waals surface area contributed by atoms with Gasteiger partial charge in [0.1, 0.15) is 11.0 Å². The highest BCUT2D eigenvalue weighted by molar-refractivity contribution is 7.91. The van der Waals surface area contributed by atoms with Crippen LogP contribution in [0.4, 0.5) is 5.69 Å². The average Bonchev–Trinajstić information content (AvgIpc) is 3.09. The van der Waals surface area contributed by atoms with Gasteiger partial charge in [-0.25, -0.2) is 8.42 Å². The number of fused-ring (bicyclic) bond motifs is 1. The minimum atomic E-state index is -3.62. The van der Waals surface area contributed by atoms with Crippen molar-refractivity contribution >= 4 is 44.2 Å². The number of rotatable bonds is 6. The molecule has 0 aliphatic heterocycles. The van der Waals surface area contributed by atoms with Gasteiger partial charge in [0.15, 0.2) is 9.84 Å². The van der Waals surface area contributed by atoms with Crippen LogP contribution in [0.1, 0.15) is 31.7 Å². The fourth-order valence-electron chi connectivity index (χ4n) is 2.54. The van der Waals surface area contributed by atoms with Gasteiger partial charge in [-0.15, -0.1) is 0 Å². The van der Waals surface area contributed by atoms with E-state index in [2.05, 4.69) is 27.9 Å². The van der Waals surface area contributed by atoms with E-state index in [1.165, 1.54) is 11.6 Å². The monoisotopic (exact) mass is 389 g/mol. The maximum Gasteiger partial charge on any atom is 0.225 e. The van der Waals surface area contributed by atoms with E-state index in [9.17, 15) is 13.2 Å². The van der Waals surface area contributed by atoms with Crippen LogP contribution in [0.5, 0.6) is 0 Å². The van der Waals surface area contributed by atoms with Crippen molar-refractivity contribution < 1.29 is 13.2 Å². The topological polar surface area (TPSA) is 89.0 Å². The van der Waals surface area contributed by atoms with Crippen molar-refractivity contribution in [3.63, 3.8) is 0 Å². The Morgan fingerprint density at radius 3 is 2.54 bits per heavy atom. The maximum atomic E-state index is 12.6. The third kappa shape index (κ3) is 4.08. The first-order chi connectivity index (χ1) is 12.4. The predicted molar refractivity (Wildman–Crippen MR) is 103 cm³/mol. The Bertz CT molecular complexity index is 1030. The molecular weight excluding hydrogens is 370 g/mol. The predicted octanol–water partition coefficient (Wildman–Crippen LogP) is 3.62. The smallest absolute Gasteiger partial charge is 0.225 e. The third-order valence-corrected chi connectivity index (χ3v) is 6.33. The highest BCUT2D eigenvalue weighted by Crippen LogP contribution is 2.23. The molecule has 1 amide bonds. The quantitative estimate of drug-likeness (QED) is 0.695. The van der Waals surface area contributed by atoms with E-state index in [4.69, 9.17) is 0 Å². The van der Waals surface area contributed by atoms with Gasteiger partial charge in [0.05, 0.1) is 22.4 Å². The van der Waals surface area contributed by atoms with Crippen LogP contribution in [0.25, 0.3) is 11.0 Å². The second kappa shape index (κ2) is 7.51. The molecule has 6 nitrogen and oxygen atoms in total. The van der Waals surface area contributed by atoms with Gasteiger partial charge in [-0.2, -0.15) is 8.75 Å². The van der Waals surface area contributed by atoms with Gasteiger partial charge in [-0.3, -0.25) is 4.79 Å². The van der Waals surface area contributed by atoms with Gasteiger partial charge in [-0.05, 0) is 35.7 Å². The summed E-state index contributed by atoms with van der Waals surface area (Å²) in [5.41, 5.74) is 2.74. The van der Waals surface area contributed by atoms with Crippen LogP contribution in [-0.4, -0.2) is 28.8 Å². The Balaban J connectivity index is 1.66. The number of hydrogen-bond donors (Lipinski definition) is 1. The molecule has 136 valence electrons. The van der Waals surface area contributed by atoms with Gasteiger partial charge in [-0.1, -0.05) is 32.0 Å². The van der Waals surface area contributed by atoms with E-state index in [1.54, 1.807) is 12.1 Å². The lowest BCUT2D eigenvalue weighted by Gasteiger charge is -2.09. The zero-order valence-electron chi connectivity index (χ0n) is 14.5. The molecular formula is C18H19N3O3S2. The second-order valence-corrected chi connectivity index (χ2v) is 8.89. The fraction of sp³-hybridized carbons (Fsp3) is 0.278. The summed E-state index contributed by atoms with van der Waals surface area (Å²) in [6.45, 7) is 4.19. The van der Waals surface area contributed by atoms with Gasteiger partial charge < -0.3 is 5.32 Å². The Kier molecular flexibility index (Phi) is 5.33. The molecule has 0 spiro atoms.